The first-order chi connectivity index (χ1) is 68.7. The summed E-state index contributed by atoms with van der Waals surface area (Å²) in [4.78, 5) is 86.5. The number of carbonyl (C=O) groups is 4. The summed E-state index contributed by atoms with van der Waals surface area (Å²) in [6.45, 7) is 1.90. The maximum absolute atomic E-state index is 14.8. The molecule has 0 unspecified atom stereocenters. The summed E-state index contributed by atoms with van der Waals surface area (Å²) in [5.41, 5.74) is 4.76. The Morgan fingerprint density at radius 3 is 1.67 bits per heavy atom. The predicted octanol–water partition coefficient (Wildman–Crippen LogP) is 7.30. The number of hydrogen-bond acceptors (Lipinski definition) is 36. The molecule has 0 spiro atoms. The summed E-state index contributed by atoms with van der Waals surface area (Å²) in [7, 11) is -16.6. The Balaban J connectivity index is 0.000000153. The van der Waals surface area contributed by atoms with Gasteiger partial charge in [0.25, 0.3) is 0 Å². The number of aliphatic hydroxyl groups excluding tert-OH is 5. The van der Waals surface area contributed by atoms with Crippen molar-refractivity contribution in [2.75, 3.05) is 42.4 Å². The van der Waals surface area contributed by atoms with Crippen molar-refractivity contribution in [3.63, 3.8) is 0 Å². The summed E-state index contributed by atoms with van der Waals surface area (Å²) in [6.07, 6.45) is 11.0. The average Bonchev–Trinajstić information content (AvgIpc) is 1.44. The van der Waals surface area contributed by atoms with Crippen molar-refractivity contribution in [2.45, 2.75) is 139 Å². The molecule has 10 heterocycles. The monoisotopic (exact) mass is 2160 g/mol. The summed E-state index contributed by atoms with van der Waals surface area (Å²) >= 11 is 20.3. The number of hydrogen-bond donors (Lipinski definition) is 12. The largest absolute Gasteiger partial charge is 0.416 e. The number of ketones is 4. The van der Waals surface area contributed by atoms with Crippen LogP contribution in [-0.4, -0.2) is 237 Å². The van der Waals surface area contributed by atoms with E-state index in [4.69, 9.17) is 55.4 Å². The van der Waals surface area contributed by atoms with Crippen molar-refractivity contribution in [3.05, 3.63) is 295 Å². The molecule has 55 heteroatoms. The second-order valence-electron chi connectivity index (χ2n) is 34.6. The number of aliphatic hydroxyl groups is 5. The Kier molecular flexibility index (Phi) is 35.4. The Morgan fingerprint density at radius 2 is 1.06 bits per heavy atom. The molecule has 0 aliphatic heterocycles. The van der Waals surface area contributed by atoms with E-state index in [0.29, 0.717) is 84.3 Å². The minimum Gasteiger partial charge on any atom is -0.393 e. The number of pyridine rings is 2. The third kappa shape index (κ3) is 29.7. The molecule has 16 N–H and O–H groups in total. The molecule has 4 aliphatic rings. The summed E-state index contributed by atoms with van der Waals surface area (Å²) in [6, 6.07) is 28.2. The van der Waals surface area contributed by atoms with Gasteiger partial charge in [-0.15, -0.1) is 11.3 Å². The molecule has 0 amide bonds. The lowest BCUT2D eigenvalue weighted by molar-refractivity contribution is -0.137. The topological polar surface area (TPSA) is 645 Å². The van der Waals surface area contributed by atoms with Crippen LogP contribution < -0.4 is 36.5 Å². The van der Waals surface area contributed by atoms with Gasteiger partial charge < -0.3 is 46.1 Å². The van der Waals surface area contributed by atoms with E-state index in [2.05, 4.69) is 87.9 Å². The molecule has 0 radical (unpaired) electrons. The zero-order chi connectivity index (χ0) is 104. The molecular formula is C90H95Cl3F4N22O21S5. The lowest BCUT2D eigenvalue weighted by Crippen LogP contribution is -2.36. The van der Waals surface area contributed by atoms with Gasteiger partial charge in [0.1, 0.15) is 60.0 Å². The molecular weight excluding hydrogens is 2070 g/mol. The maximum Gasteiger partial charge on any atom is 0.416 e. The number of rotatable bonds is 36. The van der Waals surface area contributed by atoms with Crippen molar-refractivity contribution >= 4 is 138 Å². The molecule has 14 atom stereocenters. The fourth-order valence-corrected chi connectivity index (χ4v) is 20.4. The molecule has 4 aliphatic carbocycles. The number of nitrogens with two attached hydrogens (primary N) is 4. The Bertz CT molecular complexity index is 7330. The number of nitrogens with zero attached hydrogens (tertiary/aromatic N) is 15. The van der Waals surface area contributed by atoms with Crippen LogP contribution in [0, 0.1) is 36.5 Å². The van der Waals surface area contributed by atoms with Gasteiger partial charge in [0, 0.05) is 134 Å². The molecule has 10 aromatic heterocycles. The molecule has 770 valence electrons. The van der Waals surface area contributed by atoms with Crippen LogP contribution in [0.4, 0.5) is 34.9 Å². The van der Waals surface area contributed by atoms with Crippen molar-refractivity contribution in [1.29, 1.82) is 0 Å². The van der Waals surface area contributed by atoms with Crippen molar-refractivity contribution in [3.8, 4) is 0 Å². The van der Waals surface area contributed by atoms with E-state index < -0.39 is 150 Å². The molecule has 0 saturated heterocycles. The molecule has 145 heavy (non-hydrogen) atoms. The summed E-state index contributed by atoms with van der Waals surface area (Å²) in [5, 5.41) is 95.3. The van der Waals surface area contributed by atoms with Gasteiger partial charge in [0.2, 0.25) is 17.3 Å². The standard InChI is InChI=1S/C24H23ClFN5O5S2.C23H23ClF3N5O5S.C22H24ClN5O5S.C21H25N7O6S/c25-20-15-3-1-2-4-18(15)37-19(20)10-31-6-5-13(9-31)22(32)16-8-28-12-29-24(16)30-17-7-14(23(33)21(17)26)11-36-38(27,34)35;24-18-2-1-16(23(25,26)27)8-14(18)10-32-4-3-19(31-32)22(34)17-9-29-12-30-20(17)6-13-5-15(21(33)7-13)11-37-38(28,35)36;23-16-3-1-2-14(8-16)12-28-7-5-20(27-28)22(30)18-11-25-6-4-19(18)26-17-9-15(21(29)10-17)13-33-34(24,31)32;1-12-2-4-24-14(6-12)9-28-5-3-16(27-28)19(30)15-8-23-11-25-21(15)26-17-7-13(18(29)20(17)31)10-34-35(22,32)33/h1-6,8-9,12,14,17,21,23,33H,7,10-11H2,(H2,27,34,35)(H,28,29,30);1-4,8-9,12-13,15,21,33H,5-7,10-11H2,(H2,28,35,36);1-8,11,15,17,21,29H,9-10,12-13H2,(H,25,26)(H2,24,31,32);2-6,8,11,13,17-18,20,29,31H,7,9-10H2,1H3,(H2,22,32,33)(H,23,25,26)/t14-,17-,21-,23-;13-,15+,21-;15-,17-,21+;13-,17-,18-,20+/m1011/s1. The van der Waals surface area contributed by atoms with Crippen molar-refractivity contribution < 1.29 is 113 Å². The van der Waals surface area contributed by atoms with Crippen molar-refractivity contribution in [2.24, 2.45) is 50.1 Å². The van der Waals surface area contributed by atoms with E-state index in [-0.39, 0.29) is 112 Å². The van der Waals surface area contributed by atoms with E-state index in [1.165, 1.54) is 60.7 Å². The molecule has 17 rings (SSSR count). The van der Waals surface area contributed by atoms with Crippen LogP contribution in [0.3, 0.4) is 0 Å². The third-order valence-electron chi connectivity index (χ3n) is 24.1. The predicted molar refractivity (Wildman–Crippen MR) is 518 cm³/mol. The molecule has 3 aromatic carbocycles. The first-order valence-corrected chi connectivity index (χ1v) is 52.0. The molecule has 43 nitrogen and oxygen atoms in total. The Labute approximate surface area is 845 Å². The number of halogens is 7. The van der Waals surface area contributed by atoms with Gasteiger partial charge in [-0.05, 0) is 153 Å². The SMILES string of the molecule is Cc1ccnc(Cn2ccc(C(=O)c3cncnc3N[C@@H]3C[C@H](COS(N)(=O)=O)[C@@H](O)[C@H]3O)n2)c1.NS(=O)(=O)OC[C@H]1C[C@@H](Cc2ncncc2C(=O)c2ccn(Cc3cc(C(F)(F)F)ccc3Cl)n2)C[C@@H]1O.NS(=O)(=O)OC[C@H]1C[C@@H](Nc2ccncc2C(=O)c2ccn(Cc3cccc(Cl)c3)n2)C[C@@H]1O.NS(=O)(=O)OC[C@H]1C[C@@H](Nc2ncncc2C(=O)c2ccn(Cc3sc4ccccc4c3Cl)c2)[C@@H](F)[C@@H]1O. The fraction of sp³-hybridized carbons (Fsp3) is 0.344. The molecule has 13 aromatic rings. The van der Waals surface area contributed by atoms with E-state index in [9.17, 15) is 95.9 Å². The Hall–Kier alpha value is -12.0. The van der Waals surface area contributed by atoms with Crippen LogP contribution in [0.5, 0.6) is 0 Å². The van der Waals surface area contributed by atoms with E-state index in [0.717, 1.165) is 50.0 Å². The van der Waals surface area contributed by atoms with Gasteiger partial charge in [0.15, 0.2) is 5.78 Å². The number of thiophene rings is 1. The van der Waals surface area contributed by atoms with Gasteiger partial charge in [-0.25, -0.2) is 54.9 Å². The number of fused-ring (bicyclic) bond motifs is 1. The number of nitrogens with one attached hydrogen (secondary N) is 3. The normalized spacial score (nSPS) is 21.1. The van der Waals surface area contributed by atoms with Crippen LogP contribution in [-0.2, 0) is 96.7 Å². The van der Waals surface area contributed by atoms with Crippen LogP contribution in [0.2, 0.25) is 15.1 Å². The lowest BCUT2D eigenvalue weighted by atomic mass is 9.96. The fourth-order valence-electron chi connectivity index (χ4n) is 17.0. The van der Waals surface area contributed by atoms with E-state index >= 15 is 0 Å². The number of anilines is 3. The highest BCUT2D eigenvalue weighted by Crippen LogP contribution is 2.41. The second-order valence-corrected chi connectivity index (χ2v) is 41.8. The number of aryl methyl sites for hydroxylation is 1. The zero-order valence-corrected chi connectivity index (χ0v) is 82.5. The van der Waals surface area contributed by atoms with Crippen LogP contribution in [0.15, 0.2) is 196 Å². The highest BCUT2D eigenvalue weighted by molar-refractivity contribution is 7.85. The first-order valence-electron chi connectivity index (χ1n) is 44.2. The van der Waals surface area contributed by atoms with E-state index in [1.54, 1.807) is 88.2 Å². The second kappa shape index (κ2) is 47.2. The van der Waals surface area contributed by atoms with Gasteiger partial charge in [-0.3, -0.25) is 59.9 Å². The number of alkyl halides is 4. The maximum atomic E-state index is 14.8. The molecule has 0 bridgehead atoms. The molecule has 4 fully saturated rings. The first kappa shape index (κ1) is 109. The van der Waals surface area contributed by atoms with Gasteiger partial charge in [-0.2, -0.15) is 62.1 Å². The van der Waals surface area contributed by atoms with Crippen LogP contribution in [0.1, 0.15) is 141 Å². The average molecular weight is 2160 g/mol. The lowest BCUT2D eigenvalue weighted by Gasteiger charge is -2.19. The number of benzene rings is 3. The van der Waals surface area contributed by atoms with E-state index in [1.807, 2.05) is 66.1 Å². The minimum atomic E-state index is -4.53. The van der Waals surface area contributed by atoms with Gasteiger partial charge in [-0.1, -0.05) is 65.1 Å². The number of aromatic nitrogens is 15. The number of carbonyl (C=O) groups excluding carboxylic acids is 4. The smallest absolute Gasteiger partial charge is 0.393 e. The van der Waals surface area contributed by atoms with Gasteiger partial charge in [0.05, 0.1) is 133 Å². The highest BCUT2D eigenvalue weighted by Gasteiger charge is 2.46. The van der Waals surface area contributed by atoms with Crippen molar-refractivity contribution in [1.82, 2.24) is 73.8 Å². The minimum absolute atomic E-state index is 0.0296. The molecule has 4 saturated carbocycles. The Morgan fingerprint density at radius 1 is 0.510 bits per heavy atom. The highest BCUT2D eigenvalue weighted by atomic mass is 35.5. The van der Waals surface area contributed by atoms with Crippen LogP contribution in [0.25, 0.3) is 10.1 Å². The van der Waals surface area contributed by atoms with Crippen LogP contribution >= 0.6 is 46.1 Å². The third-order valence-corrected chi connectivity index (χ3v) is 28.2. The summed E-state index contributed by atoms with van der Waals surface area (Å²) in [5.74, 6) is -3.84. The quantitative estimate of drug-likeness (QED) is 0.0135. The van der Waals surface area contributed by atoms with Gasteiger partial charge >= 0.3 is 47.4 Å². The summed E-state index contributed by atoms with van der Waals surface area (Å²) < 4.78 is 168. The zero-order valence-electron chi connectivity index (χ0n) is 76.1.